The Morgan fingerprint density at radius 2 is 1.95 bits per heavy atom. The first-order valence-electron chi connectivity index (χ1n) is 8.12. The van der Waals surface area contributed by atoms with E-state index in [-0.39, 0.29) is 0 Å². The van der Waals surface area contributed by atoms with Crippen molar-refractivity contribution in [3.63, 3.8) is 0 Å². The molecule has 0 atom stereocenters. The first-order valence-corrected chi connectivity index (χ1v) is 8.12. The molecule has 1 fully saturated rings. The Morgan fingerprint density at radius 3 is 2.55 bits per heavy atom. The maximum atomic E-state index is 4.56. The van der Waals surface area contributed by atoms with Crippen LogP contribution in [-0.4, -0.2) is 29.6 Å². The smallest absolute Gasteiger partial charge is 0.137 e. The Labute approximate surface area is 123 Å². The zero-order valence-electron chi connectivity index (χ0n) is 13.2. The van der Waals surface area contributed by atoms with Crippen LogP contribution < -0.4 is 10.2 Å². The fourth-order valence-electron chi connectivity index (χ4n) is 3.16. The van der Waals surface area contributed by atoms with E-state index < -0.39 is 0 Å². The topological polar surface area (TPSA) is 41.1 Å². The lowest BCUT2D eigenvalue weighted by molar-refractivity contribution is 0.377. The van der Waals surface area contributed by atoms with Gasteiger partial charge in [-0.15, -0.1) is 0 Å². The molecule has 1 aliphatic heterocycles. The molecule has 4 nitrogen and oxygen atoms in total. The molecule has 0 aromatic carbocycles. The number of hydrogen-bond acceptors (Lipinski definition) is 4. The van der Waals surface area contributed by atoms with Crippen LogP contribution in [0.4, 0.5) is 11.6 Å². The van der Waals surface area contributed by atoms with Crippen molar-refractivity contribution in [3.8, 4) is 0 Å². The molecule has 2 heterocycles. The Bertz CT molecular complexity index is 411. The average molecular weight is 276 g/mol. The molecule has 1 aliphatic rings. The third-order valence-electron chi connectivity index (χ3n) is 4.23. The second-order valence-electron chi connectivity index (χ2n) is 5.63. The summed E-state index contributed by atoms with van der Waals surface area (Å²) in [6.45, 7) is 9.77. The summed E-state index contributed by atoms with van der Waals surface area (Å²) in [6.07, 6.45) is 7.97. The van der Waals surface area contributed by atoms with E-state index in [0.29, 0.717) is 0 Å². The zero-order chi connectivity index (χ0) is 14.4. The van der Waals surface area contributed by atoms with Gasteiger partial charge in [0.15, 0.2) is 0 Å². The third-order valence-corrected chi connectivity index (χ3v) is 4.23. The van der Waals surface area contributed by atoms with E-state index in [0.717, 1.165) is 43.6 Å². The van der Waals surface area contributed by atoms with Crippen LogP contribution in [0.2, 0.25) is 0 Å². The molecule has 1 N–H and O–H groups in total. The lowest BCUT2D eigenvalue weighted by Crippen LogP contribution is -2.35. The number of rotatable bonds is 6. The summed E-state index contributed by atoms with van der Waals surface area (Å²) >= 11 is 0. The molecule has 112 valence electrons. The van der Waals surface area contributed by atoms with Gasteiger partial charge in [0.1, 0.15) is 18.0 Å². The van der Waals surface area contributed by atoms with Crippen molar-refractivity contribution in [2.45, 2.75) is 52.9 Å². The van der Waals surface area contributed by atoms with Gasteiger partial charge in [-0.05, 0) is 32.1 Å². The normalized spacial score (nSPS) is 16.4. The highest BCUT2D eigenvalue weighted by molar-refractivity contribution is 5.58. The minimum atomic E-state index is 0.905. The van der Waals surface area contributed by atoms with E-state index >= 15 is 0 Å². The van der Waals surface area contributed by atoms with Crippen LogP contribution in [0.25, 0.3) is 0 Å². The van der Waals surface area contributed by atoms with Crippen LogP contribution in [0.5, 0.6) is 0 Å². The van der Waals surface area contributed by atoms with Crippen molar-refractivity contribution in [1.29, 1.82) is 0 Å². The van der Waals surface area contributed by atoms with Gasteiger partial charge < -0.3 is 10.2 Å². The lowest BCUT2D eigenvalue weighted by atomic mass is 9.92. The van der Waals surface area contributed by atoms with Crippen molar-refractivity contribution in [3.05, 3.63) is 11.9 Å². The minimum Gasteiger partial charge on any atom is -0.370 e. The molecule has 0 unspecified atom stereocenters. The van der Waals surface area contributed by atoms with Crippen molar-refractivity contribution in [1.82, 2.24) is 9.97 Å². The van der Waals surface area contributed by atoms with Crippen LogP contribution >= 0.6 is 0 Å². The lowest BCUT2D eigenvalue weighted by Gasteiger charge is -2.34. The van der Waals surface area contributed by atoms with Gasteiger partial charge >= 0.3 is 0 Å². The van der Waals surface area contributed by atoms with Crippen LogP contribution in [0, 0.1) is 5.92 Å². The van der Waals surface area contributed by atoms with Gasteiger partial charge in [-0.2, -0.15) is 0 Å². The number of nitrogens with one attached hydrogen (secondary N) is 1. The molecule has 1 saturated heterocycles. The highest BCUT2D eigenvalue weighted by Crippen LogP contribution is 2.29. The monoisotopic (exact) mass is 276 g/mol. The predicted molar refractivity (Wildman–Crippen MR) is 85.4 cm³/mol. The fourth-order valence-corrected chi connectivity index (χ4v) is 3.16. The highest BCUT2D eigenvalue weighted by Gasteiger charge is 2.22. The van der Waals surface area contributed by atoms with Crippen molar-refractivity contribution in [2.24, 2.45) is 5.92 Å². The molecule has 0 amide bonds. The summed E-state index contributed by atoms with van der Waals surface area (Å²) in [5.41, 5.74) is 1.27. The maximum absolute atomic E-state index is 4.56. The van der Waals surface area contributed by atoms with Gasteiger partial charge in [0.05, 0.1) is 0 Å². The molecule has 0 spiro atoms. The molecular weight excluding hydrogens is 248 g/mol. The number of piperidine rings is 1. The number of hydrogen-bond donors (Lipinski definition) is 1. The molecule has 0 bridgehead atoms. The fraction of sp³-hybridized carbons (Fsp3) is 0.750. The summed E-state index contributed by atoms with van der Waals surface area (Å²) in [6, 6.07) is 0. The number of anilines is 2. The minimum absolute atomic E-state index is 0.905. The van der Waals surface area contributed by atoms with E-state index in [1.165, 1.54) is 31.2 Å². The summed E-state index contributed by atoms with van der Waals surface area (Å²) < 4.78 is 0. The largest absolute Gasteiger partial charge is 0.370 e. The van der Waals surface area contributed by atoms with E-state index in [1.54, 1.807) is 6.33 Å². The first-order chi connectivity index (χ1) is 9.80. The molecule has 20 heavy (non-hydrogen) atoms. The Balaban J connectivity index is 2.11. The molecule has 1 aromatic rings. The van der Waals surface area contributed by atoms with Crippen LogP contribution in [0.1, 0.15) is 52.0 Å². The molecule has 0 aliphatic carbocycles. The molecule has 4 heteroatoms. The SMILES string of the molecule is CCCC1CCN(c2ncnc(NCC)c2CC)CC1. The van der Waals surface area contributed by atoms with Crippen molar-refractivity contribution < 1.29 is 0 Å². The van der Waals surface area contributed by atoms with E-state index in [2.05, 4.69) is 41.0 Å². The summed E-state index contributed by atoms with van der Waals surface area (Å²) in [4.78, 5) is 11.4. The van der Waals surface area contributed by atoms with Crippen molar-refractivity contribution in [2.75, 3.05) is 29.9 Å². The highest BCUT2D eigenvalue weighted by atomic mass is 15.2. The molecular formula is C16H28N4. The molecule has 0 saturated carbocycles. The van der Waals surface area contributed by atoms with Gasteiger partial charge in [-0.25, -0.2) is 9.97 Å². The number of aromatic nitrogens is 2. The number of nitrogens with zero attached hydrogens (tertiary/aromatic N) is 3. The van der Waals surface area contributed by atoms with Gasteiger partial charge in [0.2, 0.25) is 0 Å². The third kappa shape index (κ3) is 3.41. The van der Waals surface area contributed by atoms with Gasteiger partial charge in [-0.3, -0.25) is 0 Å². The van der Waals surface area contributed by atoms with Crippen LogP contribution in [-0.2, 0) is 6.42 Å². The average Bonchev–Trinajstić information content (AvgIpc) is 2.48. The standard InChI is InChI=1S/C16H28N4/c1-4-7-13-8-10-20(11-9-13)16-14(5-2)15(17-6-3)18-12-19-16/h12-13H,4-11H2,1-3H3,(H,17,18,19). The summed E-state index contributed by atoms with van der Waals surface area (Å²) in [5.74, 6) is 3.07. The zero-order valence-corrected chi connectivity index (χ0v) is 13.2. The first kappa shape index (κ1) is 15.1. The van der Waals surface area contributed by atoms with Gasteiger partial charge in [-0.1, -0.05) is 26.7 Å². The van der Waals surface area contributed by atoms with Gasteiger partial charge in [0.25, 0.3) is 0 Å². The molecule has 1 aromatic heterocycles. The predicted octanol–water partition coefficient (Wildman–Crippen LogP) is 3.49. The summed E-state index contributed by atoms with van der Waals surface area (Å²) in [7, 11) is 0. The van der Waals surface area contributed by atoms with E-state index in [4.69, 9.17) is 0 Å². The van der Waals surface area contributed by atoms with Crippen LogP contribution in [0.15, 0.2) is 6.33 Å². The second-order valence-corrected chi connectivity index (χ2v) is 5.63. The Hall–Kier alpha value is -1.32. The molecule has 0 radical (unpaired) electrons. The van der Waals surface area contributed by atoms with Crippen molar-refractivity contribution >= 4 is 11.6 Å². The second kappa shape index (κ2) is 7.46. The Morgan fingerprint density at radius 1 is 1.20 bits per heavy atom. The van der Waals surface area contributed by atoms with E-state index in [9.17, 15) is 0 Å². The quantitative estimate of drug-likeness (QED) is 0.863. The maximum Gasteiger partial charge on any atom is 0.137 e. The van der Waals surface area contributed by atoms with Crippen LogP contribution in [0.3, 0.4) is 0 Å². The Kier molecular flexibility index (Phi) is 5.62. The summed E-state index contributed by atoms with van der Waals surface area (Å²) in [5, 5.41) is 3.36. The molecule has 2 rings (SSSR count). The van der Waals surface area contributed by atoms with Gasteiger partial charge in [0, 0.05) is 25.2 Å². The van der Waals surface area contributed by atoms with E-state index in [1.807, 2.05) is 0 Å².